The monoisotopic (exact) mass is 328 g/mol. The van der Waals surface area contributed by atoms with Gasteiger partial charge in [0.25, 0.3) is 0 Å². The van der Waals surface area contributed by atoms with Gasteiger partial charge < -0.3 is 15.5 Å². The Morgan fingerprint density at radius 2 is 2.00 bits per heavy atom. The Bertz CT molecular complexity index is 675. The Hall–Kier alpha value is -2.41. The normalized spacial score (nSPS) is 16.0. The number of amides is 1. The van der Waals surface area contributed by atoms with Crippen molar-refractivity contribution in [1.82, 2.24) is 20.1 Å². The highest BCUT2D eigenvalue weighted by Crippen LogP contribution is 2.20. The maximum atomic E-state index is 12.5. The van der Waals surface area contributed by atoms with E-state index in [0.717, 1.165) is 24.3 Å². The molecule has 1 aliphatic rings. The van der Waals surface area contributed by atoms with Gasteiger partial charge in [0.2, 0.25) is 5.91 Å². The third-order valence-electron chi connectivity index (χ3n) is 4.33. The van der Waals surface area contributed by atoms with E-state index < -0.39 is 6.04 Å². The zero-order chi connectivity index (χ0) is 16.9. The molecule has 1 aliphatic heterocycles. The van der Waals surface area contributed by atoms with Gasteiger partial charge in [0.1, 0.15) is 11.9 Å². The maximum Gasteiger partial charge on any atom is 0.247 e. The van der Waals surface area contributed by atoms with Crippen LogP contribution in [-0.4, -0.2) is 40.8 Å². The Labute approximate surface area is 142 Å². The molecule has 2 N–H and O–H groups in total. The van der Waals surface area contributed by atoms with Gasteiger partial charge in [-0.25, -0.2) is 4.98 Å². The highest BCUT2D eigenvalue weighted by atomic mass is 16.2. The Morgan fingerprint density at radius 3 is 2.58 bits per heavy atom. The lowest BCUT2D eigenvalue weighted by Gasteiger charge is -2.28. The number of aryl methyl sites for hydroxylation is 1. The zero-order valence-electron chi connectivity index (χ0n) is 14.2. The number of rotatable bonds is 5. The molecular weight excluding hydrogens is 304 g/mol. The van der Waals surface area contributed by atoms with Crippen molar-refractivity contribution in [2.24, 2.45) is 7.05 Å². The molecule has 24 heavy (non-hydrogen) atoms. The van der Waals surface area contributed by atoms with E-state index in [1.165, 1.54) is 19.3 Å². The second-order valence-electron chi connectivity index (χ2n) is 6.11. The predicted molar refractivity (Wildman–Crippen MR) is 93.9 cm³/mol. The highest BCUT2D eigenvalue weighted by Gasteiger charge is 2.20. The molecule has 0 aromatic carbocycles. The van der Waals surface area contributed by atoms with Crippen molar-refractivity contribution in [1.29, 1.82) is 0 Å². The lowest BCUT2D eigenvalue weighted by Crippen LogP contribution is -2.31. The molecule has 1 unspecified atom stereocenters. The van der Waals surface area contributed by atoms with Crippen molar-refractivity contribution in [2.45, 2.75) is 25.3 Å². The number of nitrogens with zero attached hydrogens (tertiary/aromatic N) is 4. The van der Waals surface area contributed by atoms with E-state index in [2.05, 4.69) is 25.6 Å². The van der Waals surface area contributed by atoms with Gasteiger partial charge in [0.15, 0.2) is 0 Å². The first-order valence-corrected chi connectivity index (χ1v) is 8.35. The molecule has 128 valence electrons. The number of aromatic nitrogens is 3. The van der Waals surface area contributed by atoms with Crippen LogP contribution in [0.5, 0.6) is 0 Å². The van der Waals surface area contributed by atoms with E-state index >= 15 is 0 Å². The summed E-state index contributed by atoms with van der Waals surface area (Å²) in [5.41, 5.74) is 1.94. The third kappa shape index (κ3) is 3.73. The molecule has 7 nitrogen and oxygen atoms in total. The zero-order valence-corrected chi connectivity index (χ0v) is 14.2. The van der Waals surface area contributed by atoms with Crippen molar-refractivity contribution >= 4 is 17.4 Å². The van der Waals surface area contributed by atoms with Crippen molar-refractivity contribution in [3.05, 3.63) is 36.3 Å². The molecule has 0 radical (unpaired) electrons. The fourth-order valence-electron chi connectivity index (χ4n) is 3.04. The molecule has 1 atom stereocenters. The summed E-state index contributed by atoms with van der Waals surface area (Å²) in [5, 5.41) is 9.99. The molecule has 2 aromatic heterocycles. The minimum Gasteiger partial charge on any atom is -0.370 e. The Kier molecular flexibility index (Phi) is 5.10. The molecule has 3 heterocycles. The van der Waals surface area contributed by atoms with Crippen LogP contribution in [0.4, 0.5) is 11.5 Å². The summed E-state index contributed by atoms with van der Waals surface area (Å²) in [4.78, 5) is 19.2. The summed E-state index contributed by atoms with van der Waals surface area (Å²) in [6.07, 6.45) is 9.11. The predicted octanol–water partition coefficient (Wildman–Crippen LogP) is 1.70. The van der Waals surface area contributed by atoms with Crippen molar-refractivity contribution in [3.8, 4) is 0 Å². The maximum absolute atomic E-state index is 12.5. The minimum atomic E-state index is -0.456. The topological polar surface area (TPSA) is 75.1 Å². The van der Waals surface area contributed by atoms with Crippen molar-refractivity contribution in [3.63, 3.8) is 0 Å². The second-order valence-corrected chi connectivity index (χ2v) is 6.11. The molecule has 7 heteroatoms. The number of pyridine rings is 1. The van der Waals surface area contributed by atoms with E-state index in [1.54, 1.807) is 17.9 Å². The van der Waals surface area contributed by atoms with Crippen LogP contribution in [0.2, 0.25) is 0 Å². The van der Waals surface area contributed by atoms with Crippen LogP contribution in [0.1, 0.15) is 30.9 Å². The number of carbonyl (C=O) groups is 1. The molecule has 0 aliphatic carbocycles. The van der Waals surface area contributed by atoms with Crippen LogP contribution < -0.4 is 15.5 Å². The van der Waals surface area contributed by atoms with Crippen molar-refractivity contribution in [2.75, 3.05) is 30.4 Å². The molecular formula is C17H24N6O. The Morgan fingerprint density at radius 1 is 1.21 bits per heavy atom. The fourth-order valence-corrected chi connectivity index (χ4v) is 3.04. The molecule has 1 saturated heterocycles. The molecule has 1 amide bonds. The number of likely N-dealkylation sites (N-methyl/N-ethyl adjacent to an activating group) is 1. The van der Waals surface area contributed by atoms with Gasteiger partial charge >= 0.3 is 0 Å². The van der Waals surface area contributed by atoms with E-state index in [9.17, 15) is 4.79 Å². The van der Waals surface area contributed by atoms with Crippen LogP contribution in [-0.2, 0) is 11.8 Å². The van der Waals surface area contributed by atoms with Crippen LogP contribution in [0.3, 0.4) is 0 Å². The molecule has 1 fully saturated rings. The van der Waals surface area contributed by atoms with Gasteiger partial charge in [-0.2, -0.15) is 5.10 Å². The standard InChI is InChI=1S/C17H24N6O/c1-18-16(13-10-20-22(2)12-13)17(24)21-15-7-6-14(11-19-15)23-8-4-3-5-9-23/h6-7,10-12,16,18H,3-5,8-9H2,1-2H3,(H,19,21,24). The lowest BCUT2D eigenvalue weighted by molar-refractivity contribution is -0.118. The number of anilines is 2. The van der Waals surface area contributed by atoms with E-state index in [0.29, 0.717) is 5.82 Å². The first-order chi connectivity index (χ1) is 11.7. The van der Waals surface area contributed by atoms with Crippen LogP contribution in [0, 0.1) is 0 Å². The van der Waals surface area contributed by atoms with Gasteiger partial charge in [-0.1, -0.05) is 0 Å². The highest BCUT2D eigenvalue weighted by molar-refractivity contribution is 5.94. The van der Waals surface area contributed by atoms with E-state index in [1.807, 2.05) is 31.6 Å². The second kappa shape index (κ2) is 7.44. The van der Waals surface area contributed by atoms with Gasteiger partial charge in [0.05, 0.1) is 18.1 Å². The summed E-state index contributed by atoms with van der Waals surface area (Å²) < 4.78 is 1.68. The molecule has 0 bridgehead atoms. The molecule has 0 saturated carbocycles. The van der Waals surface area contributed by atoms with Gasteiger partial charge in [-0.3, -0.25) is 9.48 Å². The third-order valence-corrected chi connectivity index (χ3v) is 4.33. The number of hydrogen-bond donors (Lipinski definition) is 2. The number of nitrogens with one attached hydrogen (secondary N) is 2. The molecule has 0 spiro atoms. The first kappa shape index (κ1) is 16.4. The fraction of sp³-hybridized carbons (Fsp3) is 0.471. The van der Waals surface area contributed by atoms with Gasteiger partial charge in [-0.05, 0) is 38.4 Å². The van der Waals surface area contributed by atoms with Gasteiger partial charge in [0, 0.05) is 31.9 Å². The van der Waals surface area contributed by atoms with Gasteiger partial charge in [-0.15, -0.1) is 0 Å². The lowest BCUT2D eigenvalue weighted by atomic mass is 10.1. The minimum absolute atomic E-state index is 0.149. The summed E-state index contributed by atoms with van der Waals surface area (Å²) in [5.74, 6) is 0.411. The van der Waals surface area contributed by atoms with Crippen molar-refractivity contribution < 1.29 is 4.79 Å². The average molecular weight is 328 g/mol. The Balaban J connectivity index is 1.65. The van der Waals surface area contributed by atoms with Crippen LogP contribution >= 0.6 is 0 Å². The summed E-state index contributed by atoms with van der Waals surface area (Å²) >= 11 is 0. The van der Waals surface area contributed by atoms with E-state index in [4.69, 9.17) is 0 Å². The van der Waals surface area contributed by atoms with E-state index in [-0.39, 0.29) is 5.91 Å². The molecule has 3 rings (SSSR count). The average Bonchev–Trinajstić information content (AvgIpc) is 3.03. The van der Waals surface area contributed by atoms with Crippen LogP contribution in [0.25, 0.3) is 0 Å². The first-order valence-electron chi connectivity index (χ1n) is 8.35. The largest absolute Gasteiger partial charge is 0.370 e. The summed E-state index contributed by atoms with van der Waals surface area (Å²) in [7, 11) is 3.58. The summed E-state index contributed by atoms with van der Waals surface area (Å²) in [6.45, 7) is 2.16. The SMILES string of the molecule is CNC(C(=O)Nc1ccc(N2CCCCC2)cn1)c1cnn(C)c1. The van der Waals surface area contributed by atoms with Crippen LogP contribution in [0.15, 0.2) is 30.7 Å². The number of hydrogen-bond acceptors (Lipinski definition) is 5. The number of carbonyl (C=O) groups excluding carboxylic acids is 1. The quantitative estimate of drug-likeness (QED) is 0.874. The number of piperidine rings is 1. The molecule has 2 aromatic rings. The summed E-state index contributed by atoms with van der Waals surface area (Å²) in [6, 6.07) is 3.42. The smallest absolute Gasteiger partial charge is 0.247 e.